The summed E-state index contributed by atoms with van der Waals surface area (Å²) >= 11 is 0. The second-order valence-electron chi connectivity index (χ2n) is 3.63. The average Bonchev–Trinajstić information content (AvgIpc) is 2.40. The molecule has 0 aromatic heterocycles. The lowest BCUT2D eigenvalue weighted by Gasteiger charge is -2.06. The van der Waals surface area contributed by atoms with Gasteiger partial charge in [0, 0.05) is 6.42 Å². The van der Waals surface area contributed by atoms with E-state index in [-0.39, 0.29) is 0 Å². The summed E-state index contributed by atoms with van der Waals surface area (Å²) in [5, 5.41) is 2.99. The molecule has 0 aliphatic rings. The first kappa shape index (κ1) is 11.3. The van der Waals surface area contributed by atoms with Gasteiger partial charge in [-0.3, -0.25) is 0 Å². The summed E-state index contributed by atoms with van der Waals surface area (Å²) < 4.78 is 5.57. The van der Waals surface area contributed by atoms with E-state index >= 15 is 0 Å². The highest BCUT2D eigenvalue weighted by Crippen LogP contribution is 2.19. The first-order valence-corrected chi connectivity index (χ1v) is 5.49. The SMILES string of the molecule is O=Nc1ccccc1CCOc1ccccc1. The third-order valence-electron chi connectivity index (χ3n) is 2.47. The number of nitroso groups, excluding NO2 is 1. The summed E-state index contributed by atoms with van der Waals surface area (Å²) in [5.41, 5.74) is 1.41. The summed E-state index contributed by atoms with van der Waals surface area (Å²) in [6, 6.07) is 16.9. The predicted molar refractivity (Wildman–Crippen MR) is 67.5 cm³/mol. The van der Waals surface area contributed by atoms with Crippen LogP contribution in [0.15, 0.2) is 59.8 Å². The molecule has 0 heterocycles. The Kier molecular flexibility index (Phi) is 3.86. The number of para-hydroxylation sites is 1. The van der Waals surface area contributed by atoms with E-state index in [1.165, 1.54) is 0 Å². The van der Waals surface area contributed by atoms with Crippen LogP contribution in [0.25, 0.3) is 0 Å². The van der Waals surface area contributed by atoms with Gasteiger partial charge in [0.2, 0.25) is 0 Å². The Morgan fingerprint density at radius 3 is 2.41 bits per heavy atom. The van der Waals surface area contributed by atoms with Crippen molar-refractivity contribution in [2.45, 2.75) is 6.42 Å². The fourth-order valence-corrected chi connectivity index (χ4v) is 1.61. The third-order valence-corrected chi connectivity index (χ3v) is 2.47. The highest BCUT2D eigenvalue weighted by Gasteiger charge is 2.01. The molecule has 0 radical (unpaired) electrons. The first-order valence-electron chi connectivity index (χ1n) is 5.49. The van der Waals surface area contributed by atoms with Crippen LogP contribution in [-0.2, 0) is 6.42 Å². The lowest BCUT2D eigenvalue weighted by Crippen LogP contribution is -2.01. The minimum atomic E-state index is 0.490. The largest absolute Gasteiger partial charge is 0.493 e. The van der Waals surface area contributed by atoms with Gasteiger partial charge in [-0.2, -0.15) is 0 Å². The van der Waals surface area contributed by atoms with E-state index in [1.807, 2.05) is 42.5 Å². The van der Waals surface area contributed by atoms with Crippen molar-refractivity contribution in [3.8, 4) is 5.75 Å². The molecular weight excluding hydrogens is 214 g/mol. The van der Waals surface area contributed by atoms with E-state index in [0.29, 0.717) is 18.7 Å². The second-order valence-corrected chi connectivity index (χ2v) is 3.63. The number of ether oxygens (including phenoxy) is 1. The fraction of sp³-hybridized carbons (Fsp3) is 0.143. The number of rotatable bonds is 5. The van der Waals surface area contributed by atoms with Gasteiger partial charge in [0.05, 0.1) is 6.61 Å². The van der Waals surface area contributed by atoms with Crippen molar-refractivity contribution < 1.29 is 4.74 Å². The van der Waals surface area contributed by atoms with Gasteiger partial charge in [-0.15, -0.1) is 4.91 Å². The van der Waals surface area contributed by atoms with Crippen LogP contribution >= 0.6 is 0 Å². The van der Waals surface area contributed by atoms with Crippen LogP contribution in [0.3, 0.4) is 0 Å². The first-order chi connectivity index (χ1) is 8.40. The van der Waals surface area contributed by atoms with Gasteiger partial charge in [0.15, 0.2) is 0 Å². The molecule has 2 aromatic carbocycles. The normalized spacial score (nSPS) is 9.88. The molecule has 0 N–H and O–H groups in total. The van der Waals surface area contributed by atoms with Crippen LogP contribution in [0.4, 0.5) is 5.69 Å². The van der Waals surface area contributed by atoms with E-state index < -0.39 is 0 Å². The second kappa shape index (κ2) is 5.80. The zero-order valence-corrected chi connectivity index (χ0v) is 9.37. The van der Waals surface area contributed by atoms with Crippen LogP contribution in [0, 0.1) is 4.91 Å². The Hall–Kier alpha value is -2.16. The van der Waals surface area contributed by atoms with E-state index in [1.54, 1.807) is 12.1 Å². The van der Waals surface area contributed by atoms with Gasteiger partial charge in [-0.05, 0) is 28.9 Å². The van der Waals surface area contributed by atoms with Crippen LogP contribution < -0.4 is 4.74 Å². The van der Waals surface area contributed by atoms with Crippen molar-refractivity contribution in [2.75, 3.05) is 6.61 Å². The zero-order valence-electron chi connectivity index (χ0n) is 9.37. The molecule has 2 aromatic rings. The molecule has 0 bridgehead atoms. The molecule has 0 spiro atoms. The molecular formula is C14H13NO2. The topological polar surface area (TPSA) is 38.7 Å². The van der Waals surface area contributed by atoms with Crippen LogP contribution in [0.2, 0.25) is 0 Å². The molecule has 0 saturated carbocycles. The maximum absolute atomic E-state index is 10.6. The number of benzene rings is 2. The maximum Gasteiger partial charge on any atom is 0.119 e. The molecule has 2 rings (SSSR count). The smallest absolute Gasteiger partial charge is 0.119 e. The molecule has 0 atom stereocenters. The molecule has 0 saturated heterocycles. The molecule has 86 valence electrons. The molecule has 0 aliphatic carbocycles. The Morgan fingerprint density at radius 1 is 0.941 bits per heavy atom. The molecule has 0 aliphatic heterocycles. The molecule has 17 heavy (non-hydrogen) atoms. The van der Waals surface area contributed by atoms with Crippen molar-refractivity contribution >= 4 is 5.69 Å². The molecule has 0 amide bonds. The number of nitrogens with zero attached hydrogens (tertiary/aromatic N) is 1. The minimum absolute atomic E-state index is 0.490. The summed E-state index contributed by atoms with van der Waals surface area (Å²) in [6.45, 7) is 0.538. The molecule has 3 heteroatoms. The van der Waals surface area contributed by atoms with Crippen LogP contribution in [-0.4, -0.2) is 6.61 Å². The fourth-order valence-electron chi connectivity index (χ4n) is 1.61. The van der Waals surface area contributed by atoms with Gasteiger partial charge < -0.3 is 4.74 Å². The lowest BCUT2D eigenvalue weighted by atomic mass is 10.1. The van der Waals surface area contributed by atoms with Crippen molar-refractivity contribution in [3.05, 3.63) is 65.1 Å². The minimum Gasteiger partial charge on any atom is -0.493 e. The highest BCUT2D eigenvalue weighted by molar-refractivity contribution is 5.45. The van der Waals surface area contributed by atoms with E-state index in [0.717, 1.165) is 11.3 Å². The summed E-state index contributed by atoms with van der Waals surface area (Å²) in [7, 11) is 0. The van der Waals surface area contributed by atoms with E-state index in [9.17, 15) is 4.91 Å². The van der Waals surface area contributed by atoms with Gasteiger partial charge in [0.1, 0.15) is 11.4 Å². The Morgan fingerprint density at radius 2 is 1.65 bits per heavy atom. The van der Waals surface area contributed by atoms with Crippen molar-refractivity contribution in [1.29, 1.82) is 0 Å². The van der Waals surface area contributed by atoms with Crippen molar-refractivity contribution in [3.63, 3.8) is 0 Å². The van der Waals surface area contributed by atoms with E-state index in [2.05, 4.69) is 5.18 Å². The van der Waals surface area contributed by atoms with Crippen molar-refractivity contribution in [2.24, 2.45) is 5.18 Å². The zero-order chi connectivity index (χ0) is 11.9. The Bertz CT molecular complexity index is 483. The molecule has 0 unspecified atom stereocenters. The molecule has 0 fully saturated rings. The predicted octanol–water partition coefficient (Wildman–Crippen LogP) is 3.71. The van der Waals surface area contributed by atoms with Crippen molar-refractivity contribution in [1.82, 2.24) is 0 Å². The Balaban J connectivity index is 1.92. The standard InChI is InChI=1S/C14H13NO2/c16-15-14-9-5-4-6-12(14)10-11-17-13-7-2-1-3-8-13/h1-9H,10-11H2. The lowest BCUT2D eigenvalue weighted by molar-refractivity contribution is 0.322. The van der Waals surface area contributed by atoms with Crippen LogP contribution in [0.5, 0.6) is 5.75 Å². The molecule has 3 nitrogen and oxygen atoms in total. The van der Waals surface area contributed by atoms with E-state index in [4.69, 9.17) is 4.74 Å². The third kappa shape index (κ3) is 3.14. The maximum atomic E-state index is 10.6. The van der Waals surface area contributed by atoms with Gasteiger partial charge in [-0.25, -0.2) is 0 Å². The van der Waals surface area contributed by atoms with Crippen LogP contribution in [0.1, 0.15) is 5.56 Å². The van der Waals surface area contributed by atoms with Gasteiger partial charge in [0.25, 0.3) is 0 Å². The number of hydrogen-bond donors (Lipinski definition) is 0. The quantitative estimate of drug-likeness (QED) is 0.730. The monoisotopic (exact) mass is 227 g/mol. The van der Waals surface area contributed by atoms with Gasteiger partial charge in [-0.1, -0.05) is 36.4 Å². The Labute approximate surface area is 100 Å². The van der Waals surface area contributed by atoms with Gasteiger partial charge >= 0.3 is 0 Å². The summed E-state index contributed by atoms with van der Waals surface area (Å²) in [4.78, 5) is 10.6. The number of hydrogen-bond acceptors (Lipinski definition) is 3. The summed E-state index contributed by atoms with van der Waals surface area (Å²) in [5.74, 6) is 0.837. The highest BCUT2D eigenvalue weighted by atomic mass is 16.5. The summed E-state index contributed by atoms with van der Waals surface area (Å²) in [6.07, 6.45) is 0.677. The average molecular weight is 227 g/mol.